The standard InChI is InChI=1S/C26H30N2O/c1-16-11-17(2)15-28(14-16)26(29)23-13-24(21-10-9-18(3)20(5)12-21)27-25-19(4)7-6-8-22(23)25/h6-10,12-13,16-17H,11,14-15H2,1-5H3/t16-,17-/m1/s1. The van der Waals surface area contributed by atoms with Gasteiger partial charge in [0.1, 0.15) is 0 Å². The maximum absolute atomic E-state index is 13.6. The molecule has 0 saturated carbocycles. The van der Waals surface area contributed by atoms with Crippen LogP contribution in [0.25, 0.3) is 22.2 Å². The molecule has 1 aliphatic rings. The smallest absolute Gasteiger partial charge is 0.254 e. The van der Waals surface area contributed by atoms with Gasteiger partial charge >= 0.3 is 0 Å². The number of benzene rings is 2. The van der Waals surface area contributed by atoms with Gasteiger partial charge in [-0.3, -0.25) is 4.79 Å². The summed E-state index contributed by atoms with van der Waals surface area (Å²) in [6.07, 6.45) is 1.19. The van der Waals surface area contributed by atoms with Crippen molar-refractivity contribution in [1.29, 1.82) is 0 Å². The molecular formula is C26H30N2O. The third kappa shape index (κ3) is 3.78. The predicted octanol–water partition coefficient (Wildman–Crippen LogP) is 5.95. The van der Waals surface area contributed by atoms with E-state index in [1.54, 1.807) is 0 Å². The van der Waals surface area contributed by atoms with Crippen LogP contribution in [0, 0.1) is 32.6 Å². The molecule has 2 atom stereocenters. The molecule has 29 heavy (non-hydrogen) atoms. The fraction of sp³-hybridized carbons (Fsp3) is 0.385. The van der Waals surface area contributed by atoms with Crippen molar-refractivity contribution in [3.63, 3.8) is 0 Å². The second-order valence-corrected chi connectivity index (χ2v) is 8.98. The molecule has 0 aliphatic carbocycles. The van der Waals surface area contributed by atoms with Crippen molar-refractivity contribution in [3.8, 4) is 11.3 Å². The van der Waals surface area contributed by atoms with Crippen LogP contribution in [-0.2, 0) is 0 Å². The maximum atomic E-state index is 13.6. The van der Waals surface area contributed by atoms with Crippen LogP contribution < -0.4 is 0 Å². The molecule has 1 aromatic heterocycles. The molecule has 0 spiro atoms. The van der Waals surface area contributed by atoms with Gasteiger partial charge in [0.15, 0.2) is 0 Å². The summed E-state index contributed by atoms with van der Waals surface area (Å²) in [4.78, 5) is 20.6. The number of carbonyl (C=O) groups is 1. The van der Waals surface area contributed by atoms with E-state index in [1.165, 1.54) is 17.5 Å². The minimum Gasteiger partial charge on any atom is -0.338 e. The third-order valence-corrected chi connectivity index (χ3v) is 6.23. The fourth-order valence-electron chi connectivity index (χ4n) is 4.62. The Morgan fingerprint density at radius 3 is 2.34 bits per heavy atom. The molecule has 0 radical (unpaired) electrons. The lowest BCUT2D eigenvalue weighted by Crippen LogP contribution is -2.42. The lowest BCUT2D eigenvalue weighted by molar-refractivity contribution is 0.0625. The Morgan fingerprint density at radius 2 is 1.66 bits per heavy atom. The fourth-order valence-corrected chi connectivity index (χ4v) is 4.62. The molecule has 1 aliphatic heterocycles. The highest BCUT2D eigenvalue weighted by molar-refractivity contribution is 6.07. The van der Waals surface area contributed by atoms with Crippen molar-refractivity contribution in [3.05, 3.63) is 64.7 Å². The zero-order valence-electron chi connectivity index (χ0n) is 18.1. The summed E-state index contributed by atoms with van der Waals surface area (Å²) in [5.41, 5.74) is 7.23. The van der Waals surface area contributed by atoms with Gasteiger partial charge in [0.05, 0.1) is 16.8 Å². The van der Waals surface area contributed by atoms with E-state index in [9.17, 15) is 4.79 Å². The zero-order chi connectivity index (χ0) is 20.7. The summed E-state index contributed by atoms with van der Waals surface area (Å²) >= 11 is 0. The molecule has 3 heteroatoms. The number of para-hydroxylation sites is 1. The van der Waals surface area contributed by atoms with E-state index in [2.05, 4.69) is 58.9 Å². The summed E-state index contributed by atoms with van der Waals surface area (Å²) in [5, 5.41) is 0.952. The number of hydrogen-bond acceptors (Lipinski definition) is 2. The van der Waals surface area contributed by atoms with Crippen molar-refractivity contribution >= 4 is 16.8 Å². The lowest BCUT2D eigenvalue weighted by atomic mass is 9.91. The Hall–Kier alpha value is -2.68. The Bertz CT molecular complexity index is 1080. The monoisotopic (exact) mass is 386 g/mol. The van der Waals surface area contributed by atoms with Crippen LogP contribution in [0.1, 0.15) is 47.3 Å². The normalized spacial score (nSPS) is 19.6. The highest BCUT2D eigenvalue weighted by Crippen LogP contribution is 2.30. The number of likely N-dealkylation sites (tertiary alicyclic amines) is 1. The number of piperidine rings is 1. The van der Waals surface area contributed by atoms with Gasteiger partial charge in [-0.1, -0.05) is 44.2 Å². The Labute approximate surface area is 173 Å². The number of fused-ring (bicyclic) bond motifs is 1. The van der Waals surface area contributed by atoms with Crippen molar-refractivity contribution in [2.75, 3.05) is 13.1 Å². The molecule has 1 amide bonds. The van der Waals surface area contributed by atoms with Gasteiger partial charge in [0.2, 0.25) is 0 Å². The van der Waals surface area contributed by atoms with Crippen molar-refractivity contribution in [1.82, 2.24) is 9.88 Å². The molecule has 3 aromatic rings. The number of pyridine rings is 1. The second kappa shape index (κ2) is 7.62. The van der Waals surface area contributed by atoms with Gasteiger partial charge in [0.25, 0.3) is 5.91 Å². The highest BCUT2D eigenvalue weighted by Gasteiger charge is 2.27. The van der Waals surface area contributed by atoms with Gasteiger partial charge in [-0.25, -0.2) is 4.98 Å². The summed E-state index contributed by atoms with van der Waals surface area (Å²) in [7, 11) is 0. The molecule has 0 bridgehead atoms. The minimum atomic E-state index is 0.131. The van der Waals surface area contributed by atoms with Crippen LogP contribution in [0.3, 0.4) is 0 Å². The molecule has 0 N–H and O–H groups in total. The predicted molar refractivity (Wildman–Crippen MR) is 120 cm³/mol. The van der Waals surface area contributed by atoms with Gasteiger partial charge < -0.3 is 4.90 Å². The molecule has 4 rings (SSSR count). The van der Waals surface area contributed by atoms with Crippen LogP contribution in [0.2, 0.25) is 0 Å². The summed E-state index contributed by atoms with van der Waals surface area (Å²) in [6, 6.07) is 14.5. The molecule has 2 aromatic carbocycles. The average molecular weight is 387 g/mol. The third-order valence-electron chi connectivity index (χ3n) is 6.23. The first-order valence-electron chi connectivity index (χ1n) is 10.6. The summed E-state index contributed by atoms with van der Waals surface area (Å²) in [6.45, 7) is 12.4. The molecule has 150 valence electrons. The summed E-state index contributed by atoms with van der Waals surface area (Å²) < 4.78 is 0. The number of carbonyl (C=O) groups excluding carboxylic acids is 1. The zero-order valence-corrected chi connectivity index (χ0v) is 18.1. The van der Waals surface area contributed by atoms with Crippen LogP contribution in [0.5, 0.6) is 0 Å². The van der Waals surface area contributed by atoms with Gasteiger partial charge in [-0.15, -0.1) is 0 Å². The second-order valence-electron chi connectivity index (χ2n) is 8.98. The molecule has 1 saturated heterocycles. The quantitative estimate of drug-likeness (QED) is 0.546. The number of aromatic nitrogens is 1. The molecule has 3 nitrogen and oxygen atoms in total. The van der Waals surface area contributed by atoms with Crippen molar-refractivity contribution in [2.45, 2.75) is 41.0 Å². The van der Waals surface area contributed by atoms with E-state index in [-0.39, 0.29) is 5.91 Å². The van der Waals surface area contributed by atoms with Crippen LogP contribution in [0.4, 0.5) is 0 Å². The molecule has 1 fully saturated rings. The Morgan fingerprint density at radius 1 is 0.931 bits per heavy atom. The molecule has 2 heterocycles. The molecule has 0 unspecified atom stereocenters. The lowest BCUT2D eigenvalue weighted by Gasteiger charge is -2.35. The van der Waals surface area contributed by atoms with Crippen LogP contribution in [-0.4, -0.2) is 28.9 Å². The number of amides is 1. The van der Waals surface area contributed by atoms with E-state index >= 15 is 0 Å². The Kier molecular flexibility index (Phi) is 5.16. The summed E-state index contributed by atoms with van der Waals surface area (Å²) in [5.74, 6) is 1.21. The maximum Gasteiger partial charge on any atom is 0.254 e. The number of nitrogens with zero attached hydrogens (tertiary/aromatic N) is 2. The van der Waals surface area contributed by atoms with Gasteiger partial charge in [-0.05, 0) is 67.9 Å². The van der Waals surface area contributed by atoms with E-state index in [0.29, 0.717) is 11.8 Å². The van der Waals surface area contributed by atoms with Crippen molar-refractivity contribution < 1.29 is 4.79 Å². The van der Waals surface area contributed by atoms with E-state index in [0.717, 1.165) is 46.4 Å². The number of hydrogen-bond donors (Lipinski definition) is 0. The highest BCUT2D eigenvalue weighted by atomic mass is 16.2. The first-order valence-corrected chi connectivity index (χ1v) is 10.6. The largest absolute Gasteiger partial charge is 0.338 e. The first-order chi connectivity index (χ1) is 13.8. The molecular weight excluding hydrogens is 356 g/mol. The number of rotatable bonds is 2. The van der Waals surface area contributed by atoms with Gasteiger partial charge in [0, 0.05) is 24.0 Å². The van der Waals surface area contributed by atoms with E-state index in [4.69, 9.17) is 4.98 Å². The van der Waals surface area contributed by atoms with E-state index < -0.39 is 0 Å². The van der Waals surface area contributed by atoms with Crippen LogP contribution in [0.15, 0.2) is 42.5 Å². The SMILES string of the molecule is Cc1ccc(-c2cc(C(=O)N3C[C@H](C)C[C@@H](C)C3)c3cccc(C)c3n2)cc1C. The van der Waals surface area contributed by atoms with Crippen molar-refractivity contribution in [2.24, 2.45) is 11.8 Å². The minimum absolute atomic E-state index is 0.131. The van der Waals surface area contributed by atoms with Gasteiger partial charge in [-0.2, -0.15) is 0 Å². The number of aryl methyl sites for hydroxylation is 3. The topological polar surface area (TPSA) is 33.2 Å². The Balaban J connectivity index is 1.87. The van der Waals surface area contributed by atoms with E-state index in [1.807, 2.05) is 23.1 Å². The average Bonchev–Trinajstić information content (AvgIpc) is 2.68. The first kappa shape index (κ1) is 19.6. The van der Waals surface area contributed by atoms with Crippen LogP contribution >= 0.6 is 0 Å².